The molecule has 3 heterocycles. The highest BCUT2D eigenvalue weighted by atomic mass is 16.5. The van der Waals surface area contributed by atoms with Crippen molar-refractivity contribution in [3.8, 4) is 0 Å². The third-order valence-electron chi connectivity index (χ3n) is 4.42. The van der Waals surface area contributed by atoms with Crippen LogP contribution in [0.2, 0.25) is 0 Å². The molecule has 3 aliphatic rings. The van der Waals surface area contributed by atoms with Crippen molar-refractivity contribution < 1.29 is 9.84 Å². The highest BCUT2D eigenvalue weighted by Gasteiger charge is 2.53. The van der Waals surface area contributed by atoms with E-state index in [-0.39, 0.29) is 5.54 Å². The van der Waals surface area contributed by atoms with Gasteiger partial charge in [0.15, 0.2) is 0 Å². The highest BCUT2D eigenvalue weighted by molar-refractivity contribution is 5.08. The Balaban J connectivity index is 1.86. The summed E-state index contributed by atoms with van der Waals surface area (Å²) in [4.78, 5) is 2.58. The molecule has 3 atom stereocenters. The Bertz CT molecular complexity index is 233. The molecule has 0 aliphatic carbocycles. The van der Waals surface area contributed by atoms with Gasteiger partial charge in [-0.25, -0.2) is 0 Å². The fourth-order valence-electron chi connectivity index (χ4n) is 3.81. The minimum absolute atomic E-state index is 0.142. The molecule has 14 heavy (non-hydrogen) atoms. The Labute approximate surface area is 85.0 Å². The summed E-state index contributed by atoms with van der Waals surface area (Å²) in [6, 6.07) is 0.707. The van der Waals surface area contributed by atoms with Crippen LogP contribution in [0.25, 0.3) is 0 Å². The van der Waals surface area contributed by atoms with Crippen LogP contribution in [-0.4, -0.2) is 48.0 Å². The molecule has 0 saturated carbocycles. The predicted molar refractivity (Wildman–Crippen MR) is 53.1 cm³/mol. The van der Waals surface area contributed by atoms with Gasteiger partial charge in [-0.3, -0.25) is 4.90 Å². The highest BCUT2D eigenvalue weighted by Crippen LogP contribution is 2.47. The van der Waals surface area contributed by atoms with Gasteiger partial charge in [0, 0.05) is 18.2 Å². The van der Waals surface area contributed by atoms with Crippen LogP contribution in [0.3, 0.4) is 0 Å². The molecule has 0 aromatic carbocycles. The van der Waals surface area contributed by atoms with Crippen molar-refractivity contribution in [3.63, 3.8) is 0 Å². The van der Waals surface area contributed by atoms with Crippen LogP contribution < -0.4 is 0 Å². The first-order valence-corrected chi connectivity index (χ1v) is 5.81. The minimum atomic E-state index is 0.142. The van der Waals surface area contributed by atoms with Gasteiger partial charge in [0.05, 0.1) is 13.2 Å². The first-order chi connectivity index (χ1) is 6.86. The molecular formula is C11H19NO2. The average Bonchev–Trinajstić information content (AvgIpc) is 2.73. The number of ether oxygens (including phenoxy) is 1. The number of fused-ring (bicyclic) bond motifs is 3. The van der Waals surface area contributed by atoms with Gasteiger partial charge in [0.25, 0.3) is 0 Å². The van der Waals surface area contributed by atoms with Gasteiger partial charge in [-0.15, -0.1) is 0 Å². The molecule has 3 saturated heterocycles. The summed E-state index contributed by atoms with van der Waals surface area (Å²) in [5.41, 5.74) is 0.142. The molecule has 0 amide bonds. The molecule has 3 aliphatic heterocycles. The lowest BCUT2D eigenvalue weighted by atomic mass is 9.88. The third kappa shape index (κ3) is 1.09. The molecule has 1 N–H and O–H groups in total. The van der Waals surface area contributed by atoms with E-state index in [0.29, 0.717) is 18.6 Å². The second-order valence-electron chi connectivity index (χ2n) is 5.07. The predicted octanol–water partition coefficient (Wildman–Crippen LogP) is 0.622. The summed E-state index contributed by atoms with van der Waals surface area (Å²) in [6.45, 7) is 3.38. The summed E-state index contributed by atoms with van der Waals surface area (Å²) in [7, 11) is 0. The Morgan fingerprint density at radius 2 is 2.43 bits per heavy atom. The molecule has 80 valence electrons. The van der Waals surface area contributed by atoms with E-state index in [2.05, 4.69) is 4.90 Å². The molecule has 3 nitrogen and oxygen atoms in total. The standard InChI is InChI=1S/C11H19NO2/c13-8-11-3-1-4-12(11)10-2-5-14-7-9(10)6-11/h9-10,13H,1-8H2/t9-,10+,11-/m1/s1. The normalized spacial score (nSPS) is 47.8. The molecule has 0 radical (unpaired) electrons. The summed E-state index contributed by atoms with van der Waals surface area (Å²) in [5.74, 6) is 0.691. The first kappa shape index (κ1) is 9.13. The molecule has 0 bridgehead atoms. The zero-order valence-electron chi connectivity index (χ0n) is 8.61. The second kappa shape index (κ2) is 3.19. The van der Waals surface area contributed by atoms with Crippen molar-refractivity contribution in [1.82, 2.24) is 4.90 Å². The summed E-state index contributed by atoms with van der Waals surface area (Å²) in [5, 5.41) is 9.59. The van der Waals surface area contributed by atoms with Crippen molar-refractivity contribution in [1.29, 1.82) is 0 Å². The van der Waals surface area contributed by atoms with Crippen LogP contribution in [0, 0.1) is 5.92 Å². The molecule has 0 aromatic rings. The molecule has 0 aromatic heterocycles. The van der Waals surface area contributed by atoms with Gasteiger partial charge in [-0.05, 0) is 38.1 Å². The van der Waals surface area contributed by atoms with E-state index in [1.165, 1.54) is 25.8 Å². The van der Waals surface area contributed by atoms with Gasteiger partial charge >= 0.3 is 0 Å². The maximum Gasteiger partial charge on any atom is 0.0615 e. The smallest absolute Gasteiger partial charge is 0.0615 e. The summed E-state index contributed by atoms with van der Waals surface area (Å²) in [6.07, 6.45) is 4.79. The molecule has 3 rings (SSSR count). The zero-order chi connectivity index (χ0) is 9.60. The van der Waals surface area contributed by atoms with Gasteiger partial charge < -0.3 is 9.84 Å². The fourth-order valence-corrected chi connectivity index (χ4v) is 3.81. The van der Waals surface area contributed by atoms with Crippen LogP contribution in [0.1, 0.15) is 25.7 Å². The van der Waals surface area contributed by atoms with Crippen molar-refractivity contribution in [2.24, 2.45) is 5.92 Å². The van der Waals surface area contributed by atoms with Crippen LogP contribution in [0.5, 0.6) is 0 Å². The maximum atomic E-state index is 9.59. The van der Waals surface area contributed by atoms with Gasteiger partial charge in [0.1, 0.15) is 0 Å². The lowest BCUT2D eigenvalue weighted by molar-refractivity contribution is 0.0143. The van der Waals surface area contributed by atoms with Gasteiger partial charge in [0.2, 0.25) is 0 Å². The van der Waals surface area contributed by atoms with E-state index in [1.54, 1.807) is 0 Å². The molecule has 3 heteroatoms. The number of nitrogens with zero attached hydrogens (tertiary/aromatic N) is 1. The molecule has 0 spiro atoms. The molecule has 0 unspecified atom stereocenters. The van der Waals surface area contributed by atoms with Crippen molar-refractivity contribution in [3.05, 3.63) is 0 Å². The van der Waals surface area contributed by atoms with Crippen LogP contribution >= 0.6 is 0 Å². The van der Waals surface area contributed by atoms with Crippen molar-refractivity contribution in [2.45, 2.75) is 37.3 Å². The third-order valence-corrected chi connectivity index (χ3v) is 4.42. The number of rotatable bonds is 1. The van der Waals surface area contributed by atoms with E-state index in [4.69, 9.17) is 4.74 Å². The second-order valence-corrected chi connectivity index (χ2v) is 5.07. The largest absolute Gasteiger partial charge is 0.394 e. The van der Waals surface area contributed by atoms with Crippen LogP contribution in [0.15, 0.2) is 0 Å². The lowest BCUT2D eigenvalue weighted by Gasteiger charge is -2.34. The Kier molecular flexibility index (Phi) is 2.08. The van der Waals surface area contributed by atoms with E-state index in [0.717, 1.165) is 19.6 Å². The first-order valence-electron chi connectivity index (χ1n) is 5.81. The Hall–Kier alpha value is -0.120. The Morgan fingerprint density at radius 3 is 3.29 bits per heavy atom. The SMILES string of the molecule is OC[C@]12CCCN1[C@H]1CCOC[C@H]1C2. The summed E-state index contributed by atoms with van der Waals surface area (Å²) < 4.78 is 5.53. The van der Waals surface area contributed by atoms with Crippen LogP contribution in [0.4, 0.5) is 0 Å². The number of aliphatic hydroxyl groups is 1. The molecular weight excluding hydrogens is 178 g/mol. The fraction of sp³-hybridized carbons (Fsp3) is 1.00. The van der Waals surface area contributed by atoms with Crippen molar-refractivity contribution >= 4 is 0 Å². The number of hydrogen-bond donors (Lipinski definition) is 1. The van der Waals surface area contributed by atoms with E-state index in [9.17, 15) is 5.11 Å². The quantitative estimate of drug-likeness (QED) is 0.669. The lowest BCUT2D eigenvalue weighted by Crippen LogP contribution is -2.46. The summed E-state index contributed by atoms with van der Waals surface area (Å²) >= 11 is 0. The van der Waals surface area contributed by atoms with Crippen LogP contribution in [-0.2, 0) is 4.74 Å². The van der Waals surface area contributed by atoms with Gasteiger partial charge in [-0.1, -0.05) is 0 Å². The number of hydrogen-bond acceptors (Lipinski definition) is 3. The average molecular weight is 197 g/mol. The van der Waals surface area contributed by atoms with Gasteiger partial charge in [-0.2, -0.15) is 0 Å². The van der Waals surface area contributed by atoms with E-state index in [1.807, 2.05) is 0 Å². The molecule has 3 fully saturated rings. The zero-order valence-corrected chi connectivity index (χ0v) is 8.61. The minimum Gasteiger partial charge on any atom is -0.394 e. The topological polar surface area (TPSA) is 32.7 Å². The van der Waals surface area contributed by atoms with E-state index < -0.39 is 0 Å². The van der Waals surface area contributed by atoms with E-state index >= 15 is 0 Å². The Morgan fingerprint density at radius 1 is 1.50 bits per heavy atom. The monoisotopic (exact) mass is 197 g/mol. The number of aliphatic hydroxyl groups excluding tert-OH is 1. The van der Waals surface area contributed by atoms with Crippen molar-refractivity contribution in [2.75, 3.05) is 26.4 Å². The maximum absolute atomic E-state index is 9.59.